The quantitative estimate of drug-likeness (QED) is 0.190. The van der Waals surface area contributed by atoms with Crippen LogP contribution in [0.25, 0.3) is 62.0 Å². The fourth-order valence-electron chi connectivity index (χ4n) is 9.05. The molecule has 3 heterocycles. The molecule has 5 aromatic carbocycles. The Hall–Kier alpha value is -6.06. The number of benzene rings is 5. The Labute approximate surface area is 284 Å². The summed E-state index contributed by atoms with van der Waals surface area (Å²) in [7, 11) is 0. The second-order valence-electron chi connectivity index (χ2n) is 13.7. The third-order valence-electron chi connectivity index (χ3n) is 11.1. The number of hydrogen-bond donors (Lipinski definition) is 0. The number of hydrogen-bond acceptors (Lipinski definition) is 2. The maximum absolute atomic E-state index is 6.65. The van der Waals surface area contributed by atoms with E-state index < -0.39 is 0 Å². The van der Waals surface area contributed by atoms with Crippen LogP contribution in [0.1, 0.15) is 35.4 Å². The van der Waals surface area contributed by atoms with E-state index >= 15 is 0 Å². The second-order valence-corrected chi connectivity index (χ2v) is 13.7. The summed E-state index contributed by atoms with van der Waals surface area (Å²) in [6, 6.07) is 39.3. The van der Waals surface area contributed by atoms with Gasteiger partial charge < -0.3 is 13.9 Å². The van der Waals surface area contributed by atoms with E-state index in [-0.39, 0.29) is 0 Å². The minimum atomic E-state index is 0.387. The van der Waals surface area contributed by atoms with Gasteiger partial charge in [0.25, 0.3) is 0 Å². The Morgan fingerprint density at radius 2 is 1.61 bits per heavy atom. The van der Waals surface area contributed by atoms with Gasteiger partial charge in [-0.25, -0.2) is 0 Å². The normalized spacial score (nSPS) is 20.3. The average molecular weight is 629 g/mol. The summed E-state index contributed by atoms with van der Waals surface area (Å²) in [5, 5.41) is 5.69. The van der Waals surface area contributed by atoms with Crippen molar-refractivity contribution in [3.8, 4) is 5.69 Å². The molecule has 4 aliphatic rings. The number of rotatable bonds is 2. The number of anilines is 2. The van der Waals surface area contributed by atoms with E-state index in [0.717, 1.165) is 67.9 Å². The lowest BCUT2D eigenvalue weighted by Crippen LogP contribution is -2.32. The van der Waals surface area contributed by atoms with Gasteiger partial charge in [-0.15, -0.1) is 0 Å². The molecule has 0 spiro atoms. The molecular weight excluding hydrogens is 597 g/mol. The van der Waals surface area contributed by atoms with E-state index in [9.17, 15) is 0 Å². The molecule has 0 radical (unpaired) electrons. The predicted molar refractivity (Wildman–Crippen MR) is 203 cm³/mol. The highest BCUT2D eigenvalue weighted by Gasteiger charge is 2.39. The van der Waals surface area contributed by atoms with Crippen molar-refractivity contribution in [2.75, 3.05) is 4.90 Å². The van der Waals surface area contributed by atoms with Gasteiger partial charge in [-0.2, -0.15) is 0 Å². The Morgan fingerprint density at radius 1 is 0.776 bits per heavy atom. The minimum Gasteiger partial charge on any atom is -0.455 e. The number of nitrogens with zero attached hydrogens (tertiary/aromatic N) is 2. The molecule has 0 N–H and O–H groups in total. The average Bonchev–Trinajstić information content (AvgIpc) is 3.78. The molecule has 11 rings (SSSR count). The molecule has 49 heavy (non-hydrogen) atoms. The van der Waals surface area contributed by atoms with Crippen molar-refractivity contribution >= 4 is 67.6 Å². The maximum atomic E-state index is 6.65. The van der Waals surface area contributed by atoms with Crippen molar-refractivity contribution in [1.82, 2.24) is 4.57 Å². The molecule has 3 aliphatic carbocycles. The fraction of sp³-hybridized carbons (Fsp3) is 0.0870. The summed E-state index contributed by atoms with van der Waals surface area (Å²) in [5.74, 6) is 0.866. The Morgan fingerprint density at radius 3 is 2.53 bits per heavy atom. The van der Waals surface area contributed by atoms with Crippen LogP contribution in [-0.4, -0.2) is 4.57 Å². The molecule has 2 atom stereocenters. The van der Waals surface area contributed by atoms with Crippen molar-refractivity contribution in [2.24, 2.45) is 5.92 Å². The first-order valence-corrected chi connectivity index (χ1v) is 17.3. The van der Waals surface area contributed by atoms with E-state index in [1.807, 2.05) is 6.07 Å². The van der Waals surface area contributed by atoms with E-state index in [2.05, 4.69) is 149 Å². The molecule has 0 saturated carbocycles. The lowest BCUT2D eigenvalue weighted by molar-refractivity contribution is 0.655. The van der Waals surface area contributed by atoms with Crippen molar-refractivity contribution in [3.05, 3.63) is 173 Å². The van der Waals surface area contributed by atoms with Gasteiger partial charge in [0, 0.05) is 56.4 Å². The third-order valence-corrected chi connectivity index (χ3v) is 11.1. The third kappa shape index (κ3) is 3.73. The zero-order valence-corrected chi connectivity index (χ0v) is 26.9. The van der Waals surface area contributed by atoms with Crippen LogP contribution in [-0.2, 0) is 0 Å². The number of fused-ring (bicyclic) bond motifs is 11. The summed E-state index contributed by atoms with van der Waals surface area (Å²) in [4.78, 5) is 2.32. The van der Waals surface area contributed by atoms with Gasteiger partial charge in [0.2, 0.25) is 0 Å². The summed E-state index contributed by atoms with van der Waals surface area (Å²) < 4.78 is 9.10. The second kappa shape index (κ2) is 9.98. The zero-order valence-electron chi connectivity index (χ0n) is 26.9. The summed E-state index contributed by atoms with van der Waals surface area (Å²) in [5.41, 5.74) is 14.1. The van der Waals surface area contributed by atoms with Gasteiger partial charge in [0.15, 0.2) is 0 Å². The summed E-state index contributed by atoms with van der Waals surface area (Å²) in [6.07, 6.45) is 16.4. The number of para-hydroxylation sites is 3. The highest BCUT2D eigenvalue weighted by molar-refractivity contribution is 6.13. The minimum absolute atomic E-state index is 0.387. The summed E-state index contributed by atoms with van der Waals surface area (Å²) >= 11 is 0. The first kappa shape index (κ1) is 26.9. The standard InChI is InChI=1S/C46H32N2O/c1-28-25-42-39(27-47(30-13-3-2-4-14-30)41-24-23-37-34-16-6-8-20-43(34)49-46(37)44(28)41)33-15-5-7-19-40(33)48(42)31-21-22-32-35-17-9-11-29-12-10-18-36(45(29)35)38(32)26-31/h2-8,10,12-27,36,45H,1,9,11H2/b39-27-,42-25+. The molecule has 3 heteroatoms. The Bertz CT molecular complexity index is 2800. The molecule has 232 valence electrons. The topological polar surface area (TPSA) is 21.3 Å². The van der Waals surface area contributed by atoms with Crippen LogP contribution in [0.2, 0.25) is 0 Å². The van der Waals surface area contributed by atoms with Crippen molar-refractivity contribution < 1.29 is 4.42 Å². The fourth-order valence-corrected chi connectivity index (χ4v) is 9.05. The Balaban J connectivity index is 1.22. The first-order chi connectivity index (χ1) is 24.2. The van der Waals surface area contributed by atoms with E-state index in [0.29, 0.717) is 11.8 Å². The molecule has 1 aliphatic heterocycles. The smallest absolute Gasteiger partial charge is 0.145 e. The largest absolute Gasteiger partial charge is 0.455 e. The highest BCUT2D eigenvalue weighted by Crippen LogP contribution is 2.55. The van der Waals surface area contributed by atoms with E-state index in [4.69, 9.17) is 11.0 Å². The lowest BCUT2D eigenvalue weighted by Gasteiger charge is -2.28. The van der Waals surface area contributed by atoms with Crippen molar-refractivity contribution in [3.63, 3.8) is 0 Å². The van der Waals surface area contributed by atoms with Crippen molar-refractivity contribution in [1.29, 1.82) is 0 Å². The molecule has 0 fully saturated rings. The van der Waals surface area contributed by atoms with Crippen LogP contribution in [0, 0.1) is 5.92 Å². The lowest BCUT2D eigenvalue weighted by atomic mass is 9.76. The van der Waals surface area contributed by atoms with Gasteiger partial charge in [-0.05, 0) is 89.7 Å². The maximum Gasteiger partial charge on any atom is 0.145 e. The van der Waals surface area contributed by atoms with E-state index in [1.54, 1.807) is 5.57 Å². The predicted octanol–water partition coefficient (Wildman–Crippen LogP) is 10.3. The molecule has 3 nitrogen and oxygen atoms in total. The van der Waals surface area contributed by atoms with Gasteiger partial charge >= 0.3 is 0 Å². The number of allylic oxidation sites excluding steroid dienone is 7. The van der Waals surface area contributed by atoms with Gasteiger partial charge in [0.05, 0.1) is 16.6 Å². The Kier molecular flexibility index (Phi) is 5.49. The number of aromatic nitrogens is 1. The molecular formula is C46H32N2O. The monoisotopic (exact) mass is 628 g/mol. The van der Waals surface area contributed by atoms with Crippen LogP contribution < -0.4 is 15.5 Å². The molecule has 0 saturated heterocycles. The van der Waals surface area contributed by atoms with Crippen LogP contribution in [0.4, 0.5) is 11.4 Å². The zero-order chi connectivity index (χ0) is 32.2. The highest BCUT2D eigenvalue weighted by atomic mass is 16.3. The van der Waals surface area contributed by atoms with Crippen LogP contribution in [0.15, 0.2) is 150 Å². The van der Waals surface area contributed by atoms with E-state index in [1.165, 1.54) is 33.3 Å². The summed E-state index contributed by atoms with van der Waals surface area (Å²) in [6.45, 7) is 4.77. The van der Waals surface area contributed by atoms with Crippen LogP contribution in [0.3, 0.4) is 0 Å². The molecule has 2 unspecified atom stereocenters. The first-order valence-electron chi connectivity index (χ1n) is 17.3. The molecule has 0 amide bonds. The van der Waals surface area contributed by atoms with Crippen LogP contribution >= 0.6 is 0 Å². The van der Waals surface area contributed by atoms with Crippen molar-refractivity contribution in [2.45, 2.75) is 18.8 Å². The number of furan rings is 1. The molecule has 0 bridgehead atoms. The van der Waals surface area contributed by atoms with Gasteiger partial charge in [0.1, 0.15) is 11.2 Å². The molecule has 2 aromatic heterocycles. The molecule has 7 aromatic rings. The van der Waals surface area contributed by atoms with Gasteiger partial charge in [-0.3, -0.25) is 0 Å². The van der Waals surface area contributed by atoms with Gasteiger partial charge in [-0.1, -0.05) is 97.1 Å². The van der Waals surface area contributed by atoms with Crippen LogP contribution in [0.5, 0.6) is 0 Å². The SMILES string of the molecule is C=C1/C=c2\c(c3ccccc3n2-c2ccc3c(c2)C2C=CC=C4CCC=C3C42)=C/N(c2ccccc2)c2ccc3c(oc4ccccc43)c21.